The van der Waals surface area contributed by atoms with E-state index in [2.05, 4.69) is 32.2 Å². The maximum atomic E-state index is 13.7. The summed E-state index contributed by atoms with van der Waals surface area (Å²) in [6, 6.07) is 19.3. The van der Waals surface area contributed by atoms with E-state index in [1.54, 1.807) is 11.3 Å². The normalized spacial score (nSPS) is 15.4. The molecule has 5 rings (SSSR count). The molecule has 0 radical (unpaired) electrons. The lowest BCUT2D eigenvalue weighted by atomic mass is 9.69. The third-order valence-electron chi connectivity index (χ3n) is 7.72. The molecule has 1 amide bonds. The molecule has 1 aliphatic rings. The summed E-state index contributed by atoms with van der Waals surface area (Å²) >= 11 is 7.63. The van der Waals surface area contributed by atoms with Gasteiger partial charge < -0.3 is 5.32 Å². The van der Waals surface area contributed by atoms with Crippen LogP contribution in [0.5, 0.6) is 0 Å². The summed E-state index contributed by atoms with van der Waals surface area (Å²) in [6.45, 7) is 6.90. The van der Waals surface area contributed by atoms with E-state index in [4.69, 9.17) is 16.6 Å². The first-order valence-electron chi connectivity index (χ1n) is 12.3. The standard InChI is InChI=1S/C30H28ClN3OS/c1-4-30(2,3)19-11-14-22-24(17-32)29(36-27(22)15-19)34-28(35)23-16-26(18-9-12-20(31)13-10-18)33-25-8-6-5-7-21(23)25/h5-10,12-13,16,19H,4,11,14-15H2,1-3H3,(H,34,35). The van der Waals surface area contributed by atoms with Crippen LogP contribution >= 0.6 is 22.9 Å². The second-order valence-electron chi connectivity index (χ2n) is 10.1. The predicted molar refractivity (Wildman–Crippen MR) is 149 cm³/mol. The van der Waals surface area contributed by atoms with Crippen LogP contribution < -0.4 is 5.32 Å². The number of hydrogen-bond donors (Lipinski definition) is 1. The van der Waals surface area contributed by atoms with E-state index >= 15 is 0 Å². The van der Waals surface area contributed by atoms with Crippen molar-refractivity contribution in [1.29, 1.82) is 5.26 Å². The topological polar surface area (TPSA) is 65.8 Å². The molecule has 0 spiro atoms. The summed E-state index contributed by atoms with van der Waals surface area (Å²) in [4.78, 5) is 19.7. The summed E-state index contributed by atoms with van der Waals surface area (Å²) in [5.74, 6) is 0.346. The molecule has 0 bridgehead atoms. The van der Waals surface area contributed by atoms with Crippen molar-refractivity contribution >= 4 is 44.7 Å². The van der Waals surface area contributed by atoms with Crippen molar-refractivity contribution in [2.24, 2.45) is 11.3 Å². The number of fused-ring (bicyclic) bond motifs is 2. The fourth-order valence-corrected chi connectivity index (χ4v) is 6.45. The van der Waals surface area contributed by atoms with Gasteiger partial charge in [-0.2, -0.15) is 5.26 Å². The summed E-state index contributed by atoms with van der Waals surface area (Å²) in [7, 11) is 0. The van der Waals surface area contributed by atoms with E-state index in [-0.39, 0.29) is 11.3 Å². The number of nitrogens with zero attached hydrogens (tertiary/aromatic N) is 2. The Balaban J connectivity index is 1.51. The second kappa shape index (κ2) is 9.69. The molecule has 6 heteroatoms. The van der Waals surface area contributed by atoms with Crippen molar-refractivity contribution < 1.29 is 4.79 Å². The van der Waals surface area contributed by atoms with Crippen LogP contribution in [-0.4, -0.2) is 10.9 Å². The first-order chi connectivity index (χ1) is 17.3. The largest absolute Gasteiger partial charge is 0.312 e. The molecule has 2 heterocycles. The maximum absolute atomic E-state index is 13.7. The minimum Gasteiger partial charge on any atom is -0.312 e. The number of halogens is 1. The van der Waals surface area contributed by atoms with E-state index in [1.165, 1.54) is 4.88 Å². The van der Waals surface area contributed by atoms with Crippen molar-refractivity contribution in [3.63, 3.8) is 0 Å². The van der Waals surface area contributed by atoms with Crippen LogP contribution in [0.1, 0.15) is 60.0 Å². The Morgan fingerprint density at radius 3 is 2.69 bits per heavy atom. The zero-order valence-corrected chi connectivity index (χ0v) is 22.3. The van der Waals surface area contributed by atoms with E-state index in [1.807, 2.05) is 54.6 Å². The lowest BCUT2D eigenvalue weighted by molar-refractivity contribution is 0.102. The highest BCUT2D eigenvalue weighted by Crippen LogP contribution is 2.45. The van der Waals surface area contributed by atoms with Gasteiger partial charge in [-0.05, 0) is 60.4 Å². The molecule has 1 aliphatic carbocycles. The molecular formula is C30H28ClN3OS. The first kappa shape index (κ1) is 24.5. The molecule has 0 aliphatic heterocycles. The number of carbonyl (C=O) groups excluding carboxylic acids is 1. The molecule has 0 saturated heterocycles. The number of pyridine rings is 1. The van der Waals surface area contributed by atoms with Crippen molar-refractivity contribution in [3.8, 4) is 17.3 Å². The van der Waals surface area contributed by atoms with Crippen LogP contribution in [0.25, 0.3) is 22.2 Å². The van der Waals surface area contributed by atoms with Crippen LogP contribution in [0.2, 0.25) is 5.02 Å². The highest BCUT2D eigenvalue weighted by Gasteiger charge is 2.34. The average Bonchev–Trinajstić information content (AvgIpc) is 3.24. The van der Waals surface area contributed by atoms with Crippen LogP contribution in [0.15, 0.2) is 54.6 Å². The highest BCUT2D eigenvalue weighted by molar-refractivity contribution is 7.16. The zero-order valence-electron chi connectivity index (χ0n) is 20.7. The molecule has 4 aromatic rings. The molecule has 0 fully saturated rings. The number of amides is 1. The minimum atomic E-state index is -0.232. The quantitative estimate of drug-likeness (QED) is 0.292. The third-order valence-corrected chi connectivity index (χ3v) is 9.14. The zero-order chi connectivity index (χ0) is 25.4. The molecule has 0 saturated carbocycles. The lowest BCUT2D eigenvalue weighted by Crippen LogP contribution is -2.28. The van der Waals surface area contributed by atoms with Crippen LogP contribution in [-0.2, 0) is 12.8 Å². The number of nitrogens with one attached hydrogen (secondary N) is 1. The van der Waals surface area contributed by atoms with Crippen LogP contribution in [0.3, 0.4) is 0 Å². The monoisotopic (exact) mass is 513 g/mol. The molecule has 1 atom stereocenters. The maximum Gasteiger partial charge on any atom is 0.257 e. The number of carbonyl (C=O) groups is 1. The van der Waals surface area contributed by atoms with E-state index in [9.17, 15) is 10.1 Å². The number of para-hydroxylation sites is 1. The smallest absolute Gasteiger partial charge is 0.257 e. The van der Waals surface area contributed by atoms with Gasteiger partial charge in [0.25, 0.3) is 5.91 Å². The van der Waals surface area contributed by atoms with Gasteiger partial charge in [0, 0.05) is 20.8 Å². The minimum absolute atomic E-state index is 0.232. The van der Waals surface area contributed by atoms with Gasteiger partial charge in [0.2, 0.25) is 0 Å². The van der Waals surface area contributed by atoms with Gasteiger partial charge >= 0.3 is 0 Å². The fourth-order valence-electron chi connectivity index (χ4n) is 5.05. The van der Waals surface area contributed by atoms with Gasteiger partial charge in [0.05, 0.1) is 22.3 Å². The van der Waals surface area contributed by atoms with E-state index in [0.717, 1.165) is 47.7 Å². The van der Waals surface area contributed by atoms with Gasteiger partial charge in [-0.1, -0.05) is 69.1 Å². The van der Waals surface area contributed by atoms with Crippen molar-refractivity contribution in [2.45, 2.75) is 46.5 Å². The van der Waals surface area contributed by atoms with Crippen molar-refractivity contribution in [1.82, 2.24) is 4.98 Å². The summed E-state index contributed by atoms with van der Waals surface area (Å²) in [5.41, 5.74) is 4.84. The molecule has 4 nitrogen and oxygen atoms in total. The number of aromatic nitrogens is 1. The molecular weight excluding hydrogens is 486 g/mol. The molecule has 1 N–H and O–H groups in total. The second-order valence-corrected chi connectivity index (χ2v) is 11.7. The average molecular weight is 514 g/mol. The van der Waals surface area contributed by atoms with Gasteiger partial charge in [0.1, 0.15) is 11.1 Å². The Bertz CT molecular complexity index is 1500. The molecule has 36 heavy (non-hydrogen) atoms. The number of rotatable bonds is 5. The lowest BCUT2D eigenvalue weighted by Gasteiger charge is -2.36. The fraction of sp³-hybridized carbons (Fsp3) is 0.300. The van der Waals surface area contributed by atoms with Crippen LogP contribution in [0, 0.1) is 22.7 Å². The van der Waals surface area contributed by atoms with Gasteiger partial charge in [0.15, 0.2) is 0 Å². The molecule has 2 aromatic heterocycles. The summed E-state index contributed by atoms with van der Waals surface area (Å²) in [6.07, 6.45) is 4.05. The van der Waals surface area contributed by atoms with E-state index < -0.39 is 0 Å². The molecule has 182 valence electrons. The Kier molecular flexibility index (Phi) is 6.59. The molecule has 2 aromatic carbocycles. The van der Waals surface area contributed by atoms with Gasteiger partial charge in [-0.3, -0.25) is 4.79 Å². The first-order valence-corrected chi connectivity index (χ1v) is 13.5. The number of nitriles is 1. The number of hydrogen-bond acceptors (Lipinski definition) is 4. The van der Waals surface area contributed by atoms with Gasteiger partial charge in [-0.25, -0.2) is 4.98 Å². The van der Waals surface area contributed by atoms with Crippen molar-refractivity contribution in [2.75, 3.05) is 5.32 Å². The van der Waals surface area contributed by atoms with E-state index in [0.29, 0.717) is 32.8 Å². The number of anilines is 1. The number of benzene rings is 2. The Morgan fingerprint density at radius 1 is 1.22 bits per heavy atom. The SMILES string of the molecule is CCC(C)(C)C1CCc2c(sc(NC(=O)c3cc(-c4ccc(Cl)cc4)nc4ccccc34)c2C#N)C1. The molecule has 1 unspecified atom stereocenters. The Morgan fingerprint density at radius 2 is 1.97 bits per heavy atom. The van der Waals surface area contributed by atoms with Crippen molar-refractivity contribution in [3.05, 3.63) is 81.2 Å². The Hall–Kier alpha value is -3.20. The summed E-state index contributed by atoms with van der Waals surface area (Å²) < 4.78 is 0. The van der Waals surface area contributed by atoms with Gasteiger partial charge in [-0.15, -0.1) is 11.3 Å². The predicted octanol–water partition coefficient (Wildman–Crippen LogP) is 8.28. The Labute approximate surface area is 221 Å². The number of thiophene rings is 1. The van der Waals surface area contributed by atoms with Crippen LogP contribution in [0.4, 0.5) is 5.00 Å². The highest BCUT2D eigenvalue weighted by atomic mass is 35.5. The third kappa shape index (κ3) is 4.52. The summed E-state index contributed by atoms with van der Waals surface area (Å²) in [5, 5.41) is 15.2.